The number of allylic oxidation sites excluding steroid dienone is 1. The van der Waals surface area contributed by atoms with Crippen LogP contribution < -0.4 is 0 Å². The third-order valence-corrected chi connectivity index (χ3v) is 8.00. The van der Waals surface area contributed by atoms with Crippen molar-refractivity contribution in [3.05, 3.63) is 12.2 Å². The van der Waals surface area contributed by atoms with Crippen molar-refractivity contribution < 1.29 is 0 Å². The predicted octanol–water partition coefficient (Wildman–Crippen LogP) is 4.08. The van der Waals surface area contributed by atoms with Crippen molar-refractivity contribution >= 4 is 8.80 Å². The molecule has 0 aromatic carbocycles. The lowest BCUT2D eigenvalue weighted by Gasteiger charge is -2.28. The van der Waals surface area contributed by atoms with E-state index in [0.29, 0.717) is 0 Å². The fourth-order valence-corrected chi connectivity index (χ4v) is 6.05. The molecule has 0 bridgehead atoms. The van der Waals surface area contributed by atoms with Crippen LogP contribution in [0.4, 0.5) is 0 Å². The lowest BCUT2D eigenvalue weighted by Crippen LogP contribution is -2.33. The van der Waals surface area contributed by atoms with Gasteiger partial charge in [-0.05, 0) is 38.4 Å². The summed E-state index contributed by atoms with van der Waals surface area (Å²) in [6.45, 7) is 11.0. The van der Waals surface area contributed by atoms with E-state index in [9.17, 15) is 0 Å². The summed E-state index contributed by atoms with van der Waals surface area (Å²) in [5.74, 6) is 0. The Morgan fingerprint density at radius 2 is 1.65 bits per heavy atom. The Labute approximate surface area is 110 Å². The number of hydrogen-bond donors (Lipinski definition) is 0. The molecule has 1 atom stereocenters. The Morgan fingerprint density at radius 3 is 2.12 bits per heavy atom. The first-order valence-electron chi connectivity index (χ1n) is 7.66. The zero-order chi connectivity index (χ0) is 12.5. The average Bonchev–Trinajstić information content (AvgIpc) is 2.59. The molecule has 1 unspecified atom stereocenters. The summed E-state index contributed by atoms with van der Waals surface area (Å²) < 4.78 is 0. The van der Waals surface area contributed by atoms with Gasteiger partial charge in [-0.15, -0.1) is 0 Å². The van der Waals surface area contributed by atoms with E-state index in [2.05, 4.69) is 37.8 Å². The van der Waals surface area contributed by atoms with Gasteiger partial charge in [0.15, 0.2) is 0 Å². The zero-order valence-electron chi connectivity index (χ0n) is 12.1. The molecular weight excluding hydrogens is 222 g/mol. The molecule has 1 rings (SSSR count). The van der Waals surface area contributed by atoms with Crippen molar-refractivity contribution in [2.75, 3.05) is 19.6 Å². The van der Waals surface area contributed by atoms with E-state index in [4.69, 9.17) is 0 Å². The van der Waals surface area contributed by atoms with Crippen LogP contribution in [0.3, 0.4) is 0 Å². The van der Waals surface area contributed by atoms with Crippen molar-refractivity contribution in [1.82, 2.24) is 4.90 Å². The van der Waals surface area contributed by atoms with Crippen molar-refractivity contribution in [3.8, 4) is 0 Å². The van der Waals surface area contributed by atoms with E-state index in [-0.39, 0.29) is 0 Å². The summed E-state index contributed by atoms with van der Waals surface area (Å²) >= 11 is 0. The highest BCUT2D eigenvalue weighted by Gasteiger charge is 2.20. The van der Waals surface area contributed by atoms with E-state index in [1.54, 1.807) is 0 Å². The fourth-order valence-electron chi connectivity index (χ4n) is 3.13. The van der Waals surface area contributed by atoms with Crippen LogP contribution in [0.15, 0.2) is 12.2 Å². The minimum Gasteiger partial charge on any atom is -0.303 e. The van der Waals surface area contributed by atoms with Gasteiger partial charge in [0.1, 0.15) is 0 Å². The molecule has 1 heterocycles. The van der Waals surface area contributed by atoms with Gasteiger partial charge in [0, 0.05) is 15.3 Å². The number of nitrogens with zero attached hydrogens (tertiary/aromatic N) is 1. The first-order chi connectivity index (χ1) is 8.31. The molecule has 0 spiro atoms. The molecule has 1 saturated heterocycles. The summed E-state index contributed by atoms with van der Waals surface area (Å²) in [6, 6.07) is 2.92. The van der Waals surface area contributed by atoms with Gasteiger partial charge in [-0.25, -0.2) is 0 Å². The minimum absolute atomic E-state index is 0.539. The second kappa shape index (κ2) is 8.93. The topological polar surface area (TPSA) is 3.24 Å². The van der Waals surface area contributed by atoms with Crippen LogP contribution in [-0.2, 0) is 0 Å². The van der Waals surface area contributed by atoms with E-state index in [0.717, 1.165) is 5.54 Å². The highest BCUT2D eigenvalue weighted by Crippen LogP contribution is 2.22. The molecule has 0 N–H and O–H groups in total. The SMILES string of the molecule is C/C=C/C(CN1CCCCCC1)[SiH](CC)CC. The van der Waals surface area contributed by atoms with Gasteiger partial charge in [-0.2, -0.15) is 0 Å². The smallest absolute Gasteiger partial charge is 0.0452 e. The van der Waals surface area contributed by atoms with E-state index in [1.807, 2.05) is 0 Å². The Balaban J connectivity index is 2.51. The molecular formula is C15H31NSi. The summed E-state index contributed by atoms with van der Waals surface area (Å²) in [7, 11) is -0.539. The molecule has 0 amide bonds. The largest absolute Gasteiger partial charge is 0.303 e. The predicted molar refractivity (Wildman–Crippen MR) is 81.6 cm³/mol. The van der Waals surface area contributed by atoms with Crippen LogP contribution >= 0.6 is 0 Å². The van der Waals surface area contributed by atoms with Crippen LogP contribution in [0.25, 0.3) is 0 Å². The van der Waals surface area contributed by atoms with Gasteiger partial charge in [0.25, 0.3) is 0 Å². The molecule has 0 aromatic heterocycles. The number of hydrogen-bond acceptors (Lipinski definition) is 1. The highest BCUT2D eigenvalue weighted by molar-refractivity contribution is 6.60. The van der Waals surface area contributed by atoms with Gasteiger partial charge in [0.2, 0.25) is 0 Å². The quantitative estimate of drug-likeness (QED) is 0.509. The van der Waals surface area contributed by atoms with Gasteiger partial charge >= 0.3 is 0 Å². The molecule has 100 valence electrons. The van der Waals surface area contributed by atoms with Crippen molar-refractivity contribution in [2.45, 2.75) is 64.1 Å². The molecule has 0 saturated carbocycles. The Kier molecular flexibility index (Phi) is 7.87. The first-order valence-corrected chi connectivity index (χ1v) is 9.96. The molecule has 1 fully saturated rings. The summed E-state index contributed by atoms with van der Waals surface area (Å²) in [5.41, 5.74) is 0.910. The molecule has 2 heteroatoms. The van der Waals surface area contributed by atoms with Gasteiger partial charge in [-0.3, -0.25) is 0 Å². The Bertz CT molecular complexity index is 203. The monoisotopic (exact) mass is 253 g/mol. The van der Waals surface area contributed by atoms with Crippen LogP contribution in [0.1, 0.15) is 46.5 Å². The Morgan fingerprint density at radius 1 is 1.06 bits per heavy atom. The molecule has 0 aromatic rings. The molecule has 1 aliphatic rings. The third-order valence-electron chi connectivity index (χ3n) is 4.26. The third kappa shape index (κ3) is 5.39. The number of likely N-dealkylation sites (tertiary alicyclic amines) is 1. The van der Waals surface area contributed by atoms with Crippen molar-refractivity contribution in [3.63, 3.8) is 0 Å². The van der Waals surface area contributed by atoms with Gasteiger partial charge in [0.05, 0.1) is 0 Å². The zero-order valence-corrected chi connectivity index (χ0v) is 13.3. The second-order valence-electron chi connectivity index (χ2n) is 5.48. The normalized spacial score (nSPS) is 20.9. The number of rotatable bonds is 6. The molecule has 1 aliphatic heterocycles. The van der Waals surface area contributed by atoms with Crippen molar-refractivity contribution in [1.29, 1.82) is 0 Å². The van der Waals surface area contributed by atoms with Gasteiger partial charge in [-0.1, -0.05) is 50.9 Å². The maximum Gasteiger partial charge on any atom is 0.0452 e. The average molecular weight is 254 g/mol. The van der Waals surface area contributed by atoms with E-state index in [1.165, 1.54) is 57.4 Å². The van der Waals surface area contributed by atoms with Crippen LogP contribution in [0.5, 0.6) is 0 Å². The van der Waals surface area contributed by atoms with E-state index >= 15 is 0 Å². The summed E-state index contributed by atoms with van der Waals surface area (Å²) in [4.78, 5) is 2.74. The van der Waals surface area contributed by atoms with Crippen LogP contribution in [0.2, 0.25) is 17.6 Å². The van der Waals surface area contributed by atoms with Gasteiger partial charge < -0.3 is 4.90 Å². The summed E-state index contributed by atoms with van der Waals surface area (Å²) in [6.07, 6.45) is 10.5. The summed E-state index contributed by atoms with van der Waals surface area (Å²) in [5, 5.41) is 0. The molecule has 1 nitrogen and oxygen atoms in total. The van der Waals surface area contributed by atoms with Crippen LogP contribution in [0, 0.1) is 0 Å². The fraction of sp³-hybridized carbons (Fsp3) is 0.867. The highest BCUT2D eigenvalue weighted by atomic mass is 28.3. The maximum absolute atomic E-state index is 2.74. The molecule has 0 radical (unpaired) electrons. The maximum atomic E-state index is 2.74. The minimum atomic E-state index is -0.539. The first kappa shape index (κ1) is 15.0. The lowest BCUT2D eigenvalue weighted by molar-refractivity contribution is 0.289. The van der Waals surface area contributed by atoms with Crippen LogP contribution in [-0.4, -0.2) is 33.3 Å². The van der Waals surface area contributed by atoms with E-state index < -0.39 is 8.80 Å². The lowest BCUT2D eigenvalue weighted by atomic mass is 10.2. The van der Waals surface area contributed by atoms with Crippen molar-refractivity contribution in [2.24, 2.45) is 0 Å². The Hall–Kier alpha value is -0.0831. The molecule has 17 heavy (non-hydrogen) atoms. The second-order valence-corrected chi connectivity index (χ2v) is 9.49. The molecule has 0 aliphatic carbocycles. The standard InChI is InChI=1S/C15H31NSi/c1-4-11-15(17(5-2)6-3)14-16-12-9-7-8-10-13-16/h4,11,15,17H,5-10,12-14H2,1-3H3/b11-4+.